The van der Waals surface area contributed by atoms with Crippen LogP contribution in [0.25, 0.3) is 0 Å². The summed E-state index contributed by atoms with van der Waals surface area (Å²) in [6.45, 7) is 0.888. The lowest BCUT2D eigenvalue weighted by molar-refractivity contribution is -0.119. The van der Waals surface area contributed by atoms with Gasteiger partial charge in [0.15, 0.2) is 12.4 Å². The van der Waals surface area contributed by atoms with E-state index in [1.807, 2.05) is 0 Å². The minimum atomic E-state index is -0.739. The first kappa shape index (κ1) is 17.1. The number of ketones is 1. The number of carbonyl (C=O) groups excluding carboxylic acids is 3. The molecule has 0 saturated carbocycles. The molecule has 0 aliphatic heterocycles. The summed E-state index contributed by atoms with van der Waals surface area (Å²) in [5.74, 6) is -1.47. The maximum Gasteiger partial charge on any atom is 0.355 e. The van der Waals surface area contributed by atoms with E-state index in [1.165, 1.54) is 37.4 Å². The van der Waals surface area contributed by atoms with Crippen molar-refractivity contribution in [3.63, 3.8) is 0 Å². The normalized spacial score (nSPS) is 10.2. The van der Waals surface area contributed by atoms with Crippen molar-refractivity contribution in [2.45, 2.75) is 6.92 Å². The van der Waals surface area contributed by atoms with Gasteiger partial charge in [-0.2, -0.15) is 0 Å². The van der Waals surface area contributed by atoms with Crippen molar-refractivity contribution in [1.82, 2.24) is 4.98 Å². The van der Waals surface area contributed by atoms with Crippen LogP contribution in [-0.2, 0) is 9.53 Å². The number of hydrogen-bond donors (Lipinski definition) is 2. The lowest BCUT2D eigenvalue weighted by Crippen LogP contribution is -2.21. The maximum absolute atomic E-state index is 11.8. The molecule has 0 aliphatic carbocycles. The molecule has 6 nitrogen and oxygen atoms in total. The topological polar surface area (TPSA) is 88.3 Å². The van der Waals surface area contributed by atoms with Gasteiger partial charge in [-0.1, -0.05) is 23.2 Å². The van der Waals surface area contributed by atoms with Gasteiger partial charge in [0.05, 0.1) is 0 Å². The number of Topliss-reactive ketones (excluding diaryl/α,β-unsaturated/α-hetero) is 1. The van der Waals surface area contributed by atoms with Crippen molar-refractivity contribution in [1.29, 1.82) is 0 Å². The zero-order chi connectivity index (χ0) is 17.0. The first-order valence-electron chi connectivity index (χ1n) is 6.47. The van der Waals surface area contributed by atoms with Crippen LogP contribution in [0.5, 0.6) is 0 Å². The number of aromatic nitrogens is 1. The van der Waals surface area contributed by atoms with Gasteiger partial charge in [0, 0.05) is 27.5 Å². The zero-order valence-electron chi connectivity index (χ0n) is 12.0. The van der Waals surface area contributed by atoms with Gasteiger partial charge in [-0.25, -0.2) is 4.79 Å². The third kappa shape index (κ3) is 4.84. The van der Waals surface area contributed by atoms with Gasteiger partial charge in [-0.15, -0.1) is 0 Å². The van der Waals surface area contributed by atoms with E-state index in [1.54, 1.807) is 0 Å². The molecule has 2 rings (SSSR count). The fraction of sp³-hybridized carbons (Fsp3) is 0.133. The van der Waals surface area contributed by atoms with Gasteiger partial charge < -0.3 is 15.0 Å². The van der Waals surface area contributed by atoms with Crippen LogP contribution in [0, 0.1) is 0 Å². The predicted molar refractivity (Wildman–Crippen MR) is 86.2 cm³/mol. The van der Waals surface area contributed by atoms with Gasteiger partial charge in [0.2, 0.25) is 0 Å². The minimum absolute atomic E-state index is 0.0915. The number of anilines is 1. The van der Waals surface area contributed by atoms with Crippen LogP contribution in [0.15, 0.2) is 30.5 Å². The highest BCUT2D eigenvalue weighted by molar-refractivity contribution is 6.35. The lowest BCUT2D eigenvalue weighted by atomic mass is 10.2. The first-order valence-corrected chi connectivity index (χ1v) is 7.23. The van der Waals surface area contributed by atoms with Crippen LogP contribution < -0.4 is 5.32 Å². The molecule has 120 valence electrons. The quantitative estimate of drug-likeness (QED) is 0.636. The summed E-state index contributed by atoms with van der Waals surface area (Å²) in [6, 6.07) is 5.91. The van der Waals surface area contributed by atoms with Crippen LogP contribution in [-0.4, -0.2) is 29.3 Å². The summed E-state index contributed by atoms with van der Waals surface area (Å²) in [7, 11) is 0. The number of rotatable bonds is 5. The number of carbonyl (C=O) groups is 3. The number of H-pyrrole nitrogens is 1. The Labute approximate surface area is 141 Å². The molecular formula is C15H12Cl2N2O4. The number of nitrogens with one attached hydrogen (secondary N) is 2. The van der Waals surface area contributed by atoms with Gasteiger partial charge in [0.1, 0.15) is 5.69 Å². The van der Waals surface area contributed by atoms with E-state index in [0.717, 1.165) is 0 Å². The summed E-state index contributed by atoms with van der Waals surface area (Å²) in [5.41, 5.74) is 0.839. The molecule has 8 heteroatoms. The van der Waals surface area contributed by atoms with Crippen LogP contribution >= 0.6 is 23.2 Å². The number of aromatic amines is 1. The predicted octanol–water partition coefficient (Wildman–Crippen LogP) is 3.32. The molecule has 0 fully saturated rings. The van der Waals surface area contributed by atoms with E-state index in [2.05, 4.69) is 10.3 Å². The summed E-state index contributed by atoms with van der Waals surface area (Å²) in [4.78, 5) is 37.3. The van der Waals surface area contributed by atoms with Gasteiger partial charge in [-0.3, -0.25) is 9.59 Å². The van der Waals surface area contributed by atoms with Crippen molar-refractivity contribution in [2.24, 2.45) is 0 Å². The maximum atomic E-state index is 11.8. The highest BCUT2D eigenvalue weighted by Gasteiger charge is 2.14. The van der Waals surface area contributed by atoms with Gasteiger partial charge >= 0.3 is 5.97 Å². The molecule has 1 aromatic carbocycles. The molecular weight excluding hydrogens is 343 g/mol. The van der Waals surface area contributed by atoms with Crippen molar-refractivity contribution in [3.8, 4) is 0 Å². The summed E-state index contributed by atoms with van der Waals surface area (Å²) >= 11 is 11.6. The third-order valence-corrected chi connectivity index (χ3v) is 3.23. The van der Waals surface area contributed by atoms with E-state index in [9.17, 15) is 14.4 Å². The molecule has 0 spiro atoms. The highest BCUT2D eigenvalue weighted by atomic mass is 35.5. The first-order chi connectivity index (χ1) is 10.8. The minimum Gasteiger partial charge on any atom is -0.451 e. The second-order valence-electron chi connectivity index (χ2n) is 4.64. The largest absolute Gasteiger partial charge is 0.451 e. The molecule has 0 radical (unpaired) electrons. The summed E-state index contributed by atoms with van der Waals surface area (Å²) < 4.78 is 4.86. The zero-order valence-corrected chi connectivity index (χ0v) is 13.5. The molecule has 1 amide bonds. The molecule has 1 heterocycles. The van der Waals surface area contributed by atoms with Gasteiger partial charge in [-0.05, 0) is 31.2 Å². The fourth-order valence-corrected chi connectivity index (χ4v) is 2.27. The van der Waals surface area contributed by atoms with Crippen LogP contribution in [0.2, 0.25) is 10.0 Å². The van der Waals surface area contributed by atoms with E-state index in [4.69, 9.17) is 27.9 Å². The average molecular weight is 355 g/mol. The SMILES string of the molecule is CC(=O)c1c[nH]c(C(=O)OCC(=O)Nc2cc(Cl)cc(Cl)c2)c1. The summed E-state index contributed by atoms with van der Waals surface area (Å²) in [6.07, 6.45) is 1.40. The Kier molecular flexibility index (Phi) is 5.41. The van der Waals surface area contributed by atoms with Gasteiger partial charge in [0.25, 0.3) is 5.91 Å². The molecule has 2 N–H and O–H groups in total. The Balaban J connectivity index is 1.90. The standard InChI is InChI=1S/C15H12Cl2N2O4/c1-8(20)9-2-13(18-6-9)15(22)23-7-14(21)19-12-4-10(16)3-11(17)5-12/h2-6,18H,7H2,1H3,(H,19,21). The number of hydrogen-bond acceptors (Lipinski definition) is 4. The molecule has 0 unspecified atom stereocenters. The van der Waals surface area contributed by atoms with Crippen molar-refractivity contribution in [3.05, 3.63) is 51.8 Å². The molecule has 0 atom stereocenters. The number of halogens is 2. The lowest BCUT2D eigenvalue weighted by Gasteiger charge is -2.07. The number of benzene rings is 1. The molecule has 0 saturated heterocycles. The van der Waals surface area contributed by atoms with E-state index in [0.29, 0.717) is 21.3 Å². The molecule has 0 aliphatic rings. The van der Waals surface area contributed by atoms with Crippen LogP contribution in [0.1, 0.15) is 27.8 Å². The van der Waals surface area contributed by atoms with Crippen molar-refractivity contribution < 1.29 is 19.1 Å². The molecule has 0 bridgehead atoms. The van der Waals surface area contributed by atoms with E-state index in [-0.39, 0.29) is 11.5 Å². The van der Waals surface area contributed by atoms with Crippen LogP contribution in [0.3, 0.4) is 0 Å². The number of esters is 1. The number of amides is 1. The average Bonchev–Trinajstić information content (AvgIpc) is 2.93. The van der Waals surface area contributed by atoms with Crippen LogP contribution in [0.4, 0.5) is 5.69 Å². The molecule has 1 aromatic heterocycles. The Bertz CT molecular complexity index is 750. The Morgan fingerprint density at radius 3 is 2.35 bits per heavy atom. The summed E-state index contributed by atoms with van der Waals surface area (Å²) in [5, 5.41) is 3.24. The van der Waals surface area contributed by atoms with Crippen molar-refractivity contribution >= 4 is 46.5 Å². The Hall–Kier alpha value is -2.31. The third-order valence-electron chi connectivity index (χ3n) is 2.79. The monoisotopic (exact) mass is 354 g/mol. The highest BCUT2D eigenvalue weighted by Crippen LogP contribution is 2.22. The van der Waals surface area contributed by atoms with Crippen molar-refractivity contribution in [2.75, 3.05) is 11.9 Å². The Morgan fingerprint density at radius 1 is 1.13 bits per heavy atom. The smallest absolute Gasteiger partial charge is 0.355 e. The Morgan fingerprint density at radius 2 is 1.78 bits per heavy atom. The van der Waals surface area contributed by atoms with E-state index >= 15 is 0 Å². The second-order valence-corrected chi connectivity index (χ2v) is 5.51. The molecule has 23 heavy (non-hydrogen) atoms. The molecule has 2 aromatic rings. The van der Waals surface area contributed by atoms with E-state index < -0.39 is 18.5 Å². The number of ether oxygens (including phenoxy) is 1. The second kappa shape index (κ2) is 7.30. The fourth-order valence-electron chi connectivity index (χ4n) is 1.75.